The number of carbonyl (C=O) groups is 2. The predicted octanol–water partition coefficient (Wildman–Crippen LogP) is -0.599. The standard InChI is InChI=1S/C19H29N3O3S/c1-4-21-7-9-22(10-8-21)12-16(23)20-18-17(19(24)25-3)14-6-5-13(2)11-15(14)26-18/h13H,4-12H2,1-3H3,(H,20,23)/p+2/t13-/m0/s1. The summed E-state index contributed by atoms with van der Waals surface area (Å²) in [4.78, 5) is 29.1. The third-order valence-corrected chi connectivity index (χ3v) is 6.90. The number of carbonyl (C=O) groups excluding carboxylic acids is 2. The van der Waals surface area contributed by atoms with Crippen molar-refractivity contribution < 1.29 is 24.1 Å². The van der Waals surface area contributed by atoms with Crippen LogP contribution in [0, 0.1) is 5.92 Å². The molecule has 1 saturated heterocycles. The number of rotatable bonds is 5. The number of fused-ring (bicyclic) bond motifs is 1. The van der Waals surface area contributed by atoms with Crippen LogP contribution >= 0.6 is 11.3 Å². The lowest BCUT2D eigenvalue weighted by Gasteiger charge is -2.28. The lowest BCUT2D eigenvalue weighted by Crippen LogP contribution is -3.28. The van der Waals surface area contributed by atoms with Gasteiger partial charge in [-0.1, -0.05) is 6.92 Å². The Labute approximate surface area is 159 Å². The summed E-state index contributed by atoms with van der Waals surface area (Å²) in [6, 6.07) is 0. The molecule has 6 nitrogen and oxygen atoms in total. The van der Waals surface area contributed by atoms with Crippen LogP contribution in [0.5, 0.6) is 0 Å². The van der Waals surface area contributed by atoms with Crippen molar-refractivity contribution >= 4 is 28.2 Å². The van der Waals surface area contributed by atoms with Gasteiger partial charge in [-0.05, 0) is 37.7 Å². The van der Waals surface area contributed by atoms with Crippen LogP contribution in [0.4, 0.5) is 5.00 Å². The van der Waals surface area contributed by atoms with Gasteiger partial charge in [-0.15, -0.1) is 11.3 Å². The first-order valence-electron chi connectivity index (χ1n) is 9.71. The van der Waals surface area contributed by atoms with E-state index in [9.17, 15) is 9.59 Å². The molecule has 2 heterocycles. The predicted molar refractivity (Wildman–Crippen MR) is 102 cm³/mol. The van der Waals surface area contributed by atoms with E-state index >= 15 is 0 Å². The zero-order valence-corrected chi connectivity index (χ0v) is 16.9. The summed E-state index contributed by atoms with van der Waals surface area (Å²) in [7, 11) is 1.41. The van der Waals surface area contributed by atoms with E-state index in [1.54, 1.807) is 16.2 Å². The molecule has 1 aliphatic carbocycles. The van der Waals surface area contributed by atoms with E-state index in [1.807, 2.05) is 0 Å². The van der Waals surface area contributed by atoms with Crippen molar-refractivity contribution in [1.29, 1.82) is 0 Å². The summed E-state index contributed by atoms with van der Waals surface area (Å²) in [5.41, 5.74) is 1.67. The first-order chi connectivity index (χ1) is 12.5. The quantitative estimate of drug-likeness (QED) is 0.597. The lowest BCUT2D eigenvalue weighted by atomic mass is 9.88. The molecule has 26 heavy (non-hydrogen) atoms. The zero-order valence-electron chi connectivity index (χ0n) is 16.1. The Hall–Kier alpha value is -1.44. The molecule has 1 aromatic rings. The summed E-state index contributed by atoms with van der Waals surface area (Å²) >= 11 is 1.56. The molecule has 1 fully saturated rings. The van der Waals surface area contributed by atoms with Gasteiger partial charge in [-0.2, -0.15) is 0 Å². The highest BCUT2D eigenvalue weighted by atomic mass is 32.1. The molecule has 0 bridgehead atoms. The molecule has 144 valence electrons. The second-order valence-corrected chi connectivity index (χ2v) is 8.73. The normalized spacial score (nSPS) is 25.4. The number of anilines is 1. The van der Waals surface area contributed by atoms with E-state index in [2.05, 4.69) is 19.2 Å². The summed E-state index contributed by atoms with van der Waals surface area (Å²) in [6.07, 6.45) is 2.95. The number of nitrogens with one attached hydrogen (secondary N) is 3. The van der Waals surface area contributed by atoms with E-state index in [1.165, 1.54) is 16.9 Å². The monoisotopic (exact) mass is 381 g/mol. The maximum Gasteiger partial charge on any atom is 0.341 e. The van der Waals surface area contributed by atoms with Gasteiger partial charge in [0, 0.05) is 4.88 Å². The van der Waals surface area contributed by atoms with Gasteiger partial charge in [-0.3, -0.25) is 4.79 Å². The van der Waals surface area contributed by atoms with Gasteiger partial charge in [0.15, 0.2) is 6.54 Å². The fraction of sp³-hybridized carbons (Fsp3) is 0.684. The van der Waals surface area contributed by atoms with E-state index in [-0.39, 0.29) is 11.9 Å². The molecule has 7 heteroatoms. The van der Waals surface area contributed by atoms with Crippen LogP contribution in [0.3, 0.4) is 0 Å². The first-order valence-corrected chi connectivity index (χ1v) is 10.5. The number of amides is 1. The molecule has 0 unspecified atom stereocenters. The Balaban J connectivity index is 1.69. The highest BCUT2D eigenvalue weighted by molar-refractivity contribution is 7.17. The smallest absolute Gasteiger partial charge is 0.341 e. The number of likely N-dealkylation sites (N-methyl/N-ethyl adjacent to an activating group) is 1. The van der Waals surface area contributed by atoms with E-state index in [0.29, 0.717) is 23.0 Å². The number of piperazine rings is 1. The van der Waals surface area contributed by atoms with Crippen molar-refractivity contribution in [2.45, 2.75) is 33.1 Å². The number of esters is 1. The molecule has 0 saturated carbocycles. The molecule has 0 radical (unpaired) electrons. The van der Waals surface area contributed by atoms with Gasteiger partial charge in [-0.25, -0.2) is 4.79 Å². The van der Waals surface area contributed by atoms with Crippen LogP contribution in [-0.4, -0.2) is 58.3 Å². The van der Waals surface area contributed by atoms with Crippen molar-refractivity contribution in [3.05, 3.63) is 16.0 Å². The number of thiophene rings is 1. The molecule has 0 spiro atoms. The van der Waals surface area contributed by atoms with Crippen LogP contribution in [0.2, 0.25) is 0 Å². The Morgan fingerprint density at radius 2 is 1.92 bits per heavy atom. The summed E-state index contributed by atoms with van der Waals surface area (Å²) in [6.45, 7) is 10.4. The van der Waals surface area contributed by atoms with E-state index in [0.717, 1.165) is 57.5 Å². The van der Waals surface area contributed by atoms with Crippen molar-refractivity contribution in [2.75, 3.05) is 51.7 Å². The molecular weight excluding hydrogens is 350 g/mol. The molecular formula is C19H31N3O3S+2. The number of hydrogen-bond donors (Lipinski definition) is 3. The second-order valence-electron chi connectivity index (χ2n) is 7.63. The van der Waals surface area contributed by atoms with Crippen LogP contribution in [0.15, 0.2) is 0 Å². The average Bonchev–Trinajstić information content (AvgIpc) is 2.98. The van der Waals surface area contributed by atoms with Crippen LogP contribution in [0.25, 0.3) is 0 Å². The third kappa shape index (κ3) is 4.27. The van der Waals surface area contributed by atoms with Gasteiger partial charge >= 0.3 is 5.97 Å². The fourth-order valence-electron chi connectivity index (χ4n) is 4.04. The van der Waals surface area contributed by atoms with Crippen molar-refractivity contribution in [3.63, 3.8) is 0 Å². The number of methoxy groups -OCH3 is 1. The molecule has 1 atom stereocenters. The first kappa shape index (κ1) is 19.3. The van der Waals surface area contributed by atoms with Gasteiger partial charge in [0.25, 0.3) is 5.91 Å². The SMILES string of the molecule is CC[NH+]1CC[NH+](CC(=O)Nc2sc3c(c2C(=O)OC)CC[C@H](C)C3)CC1. The Bertz CT molecular complexity index is 665. The number of hydrogen-bond acceptors (Lipinski definition) is 4. The van der Waals surface area contributed by atoms with Gasteiger partial charge in [0.05, 0.1) is 19.2 Å². The van der Waals surface area contributed by atoms with Crippen molar-refractivity contribution in [3.8, 4) is 0 Å². The Morgan fingerprint density at radius 1 is 1.23 bits per heavy atom. The van der Waals surface area contributed by atoms with Gasteiger partial charge in [0.2, 0.25) is 0 Å². The molecule has 1 aliphatic heterocycles. The number of quaternary nitrogens is 2. The van der Waals surface area contributed by atoms with Crippen molar-refractivity contribution in [1.82, 2.24) is 0 Å². The van der Waals surface area contributed by atoms with Crippen LogP contribution < -0.4 is 15.1 Å². The van der Waals surface area contributed by atoms with Crippen molar-refractivity contribution in [2.24, 2.45) is 5.92 Å². The molecule has 0 aromatic carbocycles. The van der Waals surface area contributed by atoms with Crippen LogP contribution in [-0.2, 0) is 22.4 Å². The minimum absolute atomic E-state index is 0.00301. The van der Waals surface area contributed by atoms with E-state index < -0.39 is 0 Å². The highest BCUT2D eigenvalue weighted by Gasteiger charge is 2.30. The number of ether oxygens (including phenoxy) is 1. The molecule has 1 aromatic heterocycles. The maximum atomic E-state index is 12.6. The molecule has 3 N–H and O–H groups in total. The second kappa shape index (κ2) is 8.50. The van der Waals surface area contributed by atoms with Gasteiger partial charge < -0.3 is 19.9 Å². The third-order valence-electron chi connectivity index (χ3n) is 5.73. The lowest BCUT2D eigenvalue weighted by molar-refractivity contribution is -1.01. The Morgan fingerprint density at radius 3 is 2.58 bits per heavy atom. The summed E-state index contributed by atoms with van der Waals surface area (Å²) < 4.78 is 4.99. The fourth-order valence-corrected chi connectivity index (χ4v) is 5.46. The minimum atomic E-state index is -0.333. The molecule has 3 rings (SSSR count). The van der Waals surface area contributed by atoms with E-state index in [4.69, 9.17) is 4.74 Å². The Kier molecular flexibility index (Phi) is 6.32. The molecule has 2 aliphatic rings. The largest absolute Gasteiger partial charge is 0.465 e. The van der Waals surface area contributed by atoms with Crippen LogP contribution in [0.1, 0.15) is 41.1 Å². The average molecular weight is 382 g/mol. The minimum Gasteiger partial charge on any atom is -0.465 e. The summed E-state index contributed by atoms with van der Waals surface area (Å²) in [5, 5.41) is 3.70. The van der Waals surface area contributed by atoms with Gasteiger partial charge in [0.1, 0.15) is 31.2 Å². The zero-order chi connectivity index (χ0) is 18.7. The molecule has 1 amide bonds. The topological polar surface area (TPSA) is 64.3 Å². The summed E-state index contributed by atoms with van der Waals surface area (Å²) in [5.74, 6) is 0.286. The maximum absolute atomic E-state index is 12.6. The highest BCUT2D eigenvalue weighted by Crippen LogP contribution is 2.39.